The fourth-order valence-corrected chi connectivity index (χ4v) is 3.43. The van der Waals surface area contributed by atoms with Crippen molar-refractivity contribution in [2.75, 3.05) is 6.61 Å². The van der Waals surface area contributed by atoms with Crippen LogP contribution in [-0.4, -0.2) is 32.8 Å². The summed E-state index contributed by atoms with van der Waals surface area (Å²) in [5.41, 5.74) is 7.51. The van der Waals surface area contributed by atoms with Gasteiger partial charge in [-0.1, -0.05) is 13.8 Å². The van der Waals surface area contributed by atoms with Crippen molar-refractivity contribution >= 4 is 5.97 Å². The lowest BCUT2D eigenvalue weighted by atomic mass is 9.98. The van der Waals surface area contributed by atoms with E-state index in [2.05, 4.69) is 30.7 Å². The highest BCUT2D eigenvalue weighted by Crippen LogP contribution is 2.34. The number of aromatic amines is 2. The summed E-state index contributed by atoms with van der Waals surface area (Å²) in [6.07, 6.45) is 3.11. The molecule has 0 radical (unpaired) electrons. The largest absolute Gasteiger partial charge is 0.477 e. The second-order valence-electron chi connectivity index (χ2n) is 5.90. The van der Waals surface area contributed by atoms with Crippen LogP contribution in [0.25, 0.3) is 11.4 Å². The molecule has 23 heavy (non-hydrogen) atoms. The van der Waals surface area contributed by atoms with Gasteiger partial charge >= 0.3 is 5.97 Å². The van der Waals surface area contributed by atoms with Crippen LogP contribution in [0, 0.1) is 13.8 Å². The number of rotatable bonds is 7. The average Bonchev–Trinajstić information content (AvgIpc) is 3.01. The van der Waals surface area contributed by atoms with Crippen LogP contribution in [0.4, 0.5) is 0 Å². The maximum Gasteiger partial charge on any atom is 0.352 e. The monoisotopic (exact) mass is 318 g/mol. The number of H-pyrrole nitrogens is 2. The Morgan fingerprint density at radius 1 is 1.00 bits per heavy atom. The van der Waals surface area contributed by atoms with Gasteiger partial charge in [-0.05, 0) is 61.8 Å². The Bertz CT molecular complexity index is 710. The van der Waals surface area contributed by atoms with E-state index in [1.54, 1.807) is 0 Å². The highest BCUT2D eigenvalue weighted by Gasteiger charge is 2.23. The molecule has 0 spiro atoms. The normalized spacial score (nSPS) is 11.2. The van der Waals surface area contributed by atoms with Gasteiger partial charge in [-0.2, -0.15) is 0 Å². The molecule has 5 nitrogen and oxygen atoms in total. The molecule has 0 aromatic carbocycles. The fraction of sp³-hybridized carbons (Fsp3) is 0.500. The minimum absolute atomic E-state index is 0.0943. The molecule has 4 N–H and O–H groups in total. The van der Waals surface area contributed by atoms with Gasteiger partial charge in [0.15, 0.2) is 0 Å². The molecule has 0 aliphatic carbocycles. The van der Waals surface area contributed by atoms with Crippen LogP contribution in [0.2, 0.25) is 0 Å². The Morgan fingerprint density at radius 2 is 1.61 bits per heavy atom. The van der Waals surface area contributed by atoms with Crippen LogP contribution in [-0.2, 0) is 19.3 Å². The second-order valence-corrected chi connectivity index (χ2v) is 5.90. The summed E-state index contributed by atoms with van der Waals surface area (Å²) >= 11 is 0. The maximum absolute atomic E-state index is 11.5. The molecular weight excluding hydrogens is 292 g/mol. The van der Waals surface area contributed by atoms with Gasteiger partial charge < -0.3 is 20.2 Å². The first kappa shape index (κ1) is 17.3. The molecule has 0 fully saturated rings. The van der Waals surface area contributed by atoms with E-state index >= 15 is 0 Å². The van der Waals surface area contributed by atoms with Crippen LogP contribution in [0.5, 0.6) is 0 Å². The number of aromatic carboxylic acids is 1. The quantitative estimate of drug-likeness (QED) is 0.631. The van der Waals surface area contributed by atoms with Gasteiger partial charge in [-0.15, -0.1) is 0 Å². The Morgan fingerprint density at radius 3 is 2.13 bits per heavy atom. The van der Waals surface area contributed by atoms with Crippen LogP contribution >= 0.6 is 0 Å². The predicted molar refractivity (Wildman–Crippen MR) is 91.2 cm³/mol. The zero-order valence-corrected chi connectivity index (χ0v) is 14.3. The first-order valence-corrected chi connectivity index (χ1v) is 8.22. The summed E-state index contributed by atoms with van der Waals surface area (Å²) in [6, 6.07) is 0. The summed E-state index contributed by atoms with van der Waals surface area (Å²) in [7, 11) is 0. The molecule has 126 valence electrons. The number of hydrogen-bond donors (Lipinski definition) is 4. The van der Waals surface area contributed by atoms with E-state index in [1.165, 1.54) is 11.1 Å². The van der Waals surface area contributed by atoms with E-state index in [-0.39, 0.29) is 12.3 Å². The summed E-state index contributed by atoms with van der Waals surface area (Å²) in [4.78, 5) is 18.0. The first-order chi connectivity index (χ1) is 11.0. The molecule has 2 rings (SSSR count). The predicted octanol–water partition coefficient (Wildman–Crippen LogP) is 3.37. The minimum atomic E-state index is -0.948. The van der Waals surface area contributed by atoms with Gasteiger partial charge in [0.25, 0.3) is 0 Å². The number of carboxylic acid groups (broad SMARTS) is 1. The van der Waals surface area contributed by atoms with Gasteiger partial charge in [-0.25, -0.2) is 4.79 Å². The third-order valence-electron chi connectivity index (χ3n) is 4.57. The molecule has 0 aliphatic heterocycles. The molecule has 0 atom stereocenters. The molecule has 0 saturated heterocycles. The average molecular weight is 318 g/mol. The lowest BCUT2D eigenvalue weighted by Crippen LogP contribution is -1.99. The van der Waals surface area contributed by atoms with Gasteiger partial charge in [-0.3, -0.25) is 0 Å². The van der Waals surface area contributed by atoms with Crippen LogP contribution in [0.3, 0.4) is 0 Å². The number of aliphatic hydroxyl groups excluding tert-OH is 1. The molecule has 0 amide bonds. The summed E-state index contributed by atoms with van der Waals surface area (Å²) < 4.78 is 0. The lowest BCUT2D eigenvalue weighted by molar-refractivity contribution is 0.0690. The second kappa shape index (κ2) is 7.04. The van der Waals surface area contributed by atoms with E-state index in [0.717, 1.165) is 41.1 Å². The zero-order valence-electron chi connectivity index (χ0n) is 14.3. The number of nitrogens with one attached hydrogen (secondary N) is 2. The Labute approximate surface area is 136 Å². The maximum atomic E-state index is 11.5. The number of carboxylic acids is 1. The molecule has 2 aromatic rings. The van der Waals surface area contributed by atoms with E-state index in [4.69, 9.17) is 5.11 Å². The number of aromatic nitrogens is 2. The van der Waals surface area contributed by atoms with Crippen LogP contribution in [0.1, 0.15) is 58.7 Å². The van der Waals surface area contributed by atoms with Crippen molar-refractivity contribution in [3.05, 3.63) is 33.6 Å². The minimum Gasteiger partial charge on any atom is -0.477 e. The van der Waals surface area contributed by atoms with Gasteiger partial charge in [0.05, 0.1) is 11.4 Å². The Kier molecular flexibility index (Phi) is 5.31. The van der Waals surface area contributed by atoms with E-state index in [0.29, 0.717) is 12.8 Å². The SMILES string of the molecule is CCc1c(C)[nH]c(-c2[nH]c(C(=O)O)c(C)c2CCCO)c1CC. The number of hydrogen-bond acceptors (Lipinski definition) is 2. The molecule has 2 heterocycles. The number of aliphatic hydroxyl groups is 1. The highest BCUT2D eigenvalue weighted by molar-refractivity contribution is 5.90. The van der Waals surface area contributed by atoms with Gasteiger partial charge in [0.1, 0.15) is 5.69 Å². The Balaban J connectivity index is 2.67. The fourth-order valence-electron chi connectivity index (χ4n) is 3.43. The smallest absolute Gasteiger partial charge is 0.352 e. The van der Waals surface area contributed by atoms with Gasteiger partial charge in [0, 0.05) is 12.3 Å². The molecule has 5 heteroatoms. The number of aryl methyl sites for hydroxylation is 1. The zero-order chi connectivity index (χ0) is 17.1. The topological polar surface area (TPSA) is 89.1 Å². The van der Waals surface area contributed by atoms with E-state index in [9.17, 15) is 9.90 Å². The first-order valence-electron chi connectivity index (χ1n) is 8.22. The van der Waals surface area contributed by atoms with Crippen molar-refractivity contribution in [1.82, 2.24) is 9.97 Å². The molecule has 0 unspecified atom stereocenters. The molecule has 0 aliphatic rings. The third kappa shape index (κ3) is 3.06. The van der Waals surface area contributed by atoms with Gasteiger partial charge in [0.2, 0.25) is 0 Å². The molecule has 0 bridgehead atoms. The summed E-state index contributed by atoms with van der Waals surface area (Å²) in [6.45, 7) is 8.24. The summed E-state index contributed by atoms with van der Waals surface area (Å²) in [5.74, 6) is -0.948. The van der Waals surface area contributed by atoms with Crippen molar-refractivity contribution in [3.8, 4) is 11.4 Å². The van der Waals surface area contributed by atoms with Crippen molar-refractivity contribution in [3.63, 3.8) is 0 Å². The molecule has 0 saturated carbocycles. The standard InChI is InChI=1S/C18H26N2O3/c1-5-12-11(4)19-16(13(12)6-2)17-14(8-7-9-21)10(3)15(20-17)18(22)23/h19-21H,5-9H2,1-4H3,(H,22,23). The van der Waals surface area contributed by atoms with Crippen LogP contribution < -0.4 is 0 Å². The van der Waals surface area contributed by atoms with E-state index in [1.807, 2.05) is 6.92 Å². The van der Waals surface area contributed by atoms with Crippen LogP contribution in [0.15, 0.2) is 0 Å². The molecular formula is C18H26N2O3. The lowest BCUT2D eigenvalue weighted by Gasteiger charge is -2.07. The number of carbonyl (C=O) groups is 1. The Hall–Kier alpha value is -2.01. The van der Waals surface area contributed by atoms with Crippen molar-refractivity contribution in [2.24, 2.45) is 0 Å². The summed E-state index contributed by atoms with van der Waals surface area (Å²) in [5, 5.41) is 18.6. The van der Waals surface area contributed by atoms with Crippen molar-refractivity contribution in [2.45, 2.75) is 53.4 Å². The van der Waals surface area contributed by atoms with Crippen molar-refractivity contribution < 1.29 is 15.0 Å². The highest BCUT2D eigenvalue weighted by atomic mass is 16.4. The van der Waals surface area contributed by atoms with Crippen molar-refractivity contribution in [1.29, 1.82) is 0 Å². The third-order valence-corrected chi connectivity index (χ3v) is 4.57. The van der Waals surface area contributed by atoms with E-state index < -0.39 is 5.97 Å². The molecule has 2 aromatic heterocycles.